The van der Waals surface area contributed by atoms with Crippen LogP contribution in [0.25, 0.3) is 0 Å². The van der Waals surface area contributed by atoms with E-state index in [-0.39, 0.29) is 17.8 Å². The van der Waals surface area contributed by atoms with E-state index in [1.165, 1.54) is 0 Å². The summed E-state index contributed by atoms with van der Waals surface area (Å²) in [4.78, 5) is 13.2. The van der Waals surface area contributed by atoms with E-state index >= 15 is 0 Å². The molecule has 0 bridgehead atoms. The van der Waals surface area contributed by atoms with E-state index in [0.717, 1.165) is 11.7 Å². The van der Waals surface area contributed by atoms with Crippen LogP contribution in [-0.2, 0) is 9.05 Å². The molecule has 5 heteroatoms. The Morgan fingerprint density at radius 2 is 1.62 bits per heavy atom. The Labute approximate surface area is 156 Å². The highest BCUT2D eigenvalue weighted by molar-refractivity contribution is 7.47. The van der Waals surface area contributed by atoms with Crippen molar-refractivity contribution in [1.29, 1.82) is 0 Å². The van der Waals surface area contributed by atoms with Crippen LogP contribution in [0.1, 0.15) is 42.3 Å². The Balaban J connectivity index is 1.85. The minimum absolute atomic E-state index is 0.142. The molecule has 2 aromatic rings. The van der Waals surface area contributed by atoms with Gasteiger partial charge in [0.1, 0.15) is 11.9 Å². The third-order valence-corrected chi connectivity index (χ3v) is 6.12. The number of Topliss-reactive ketones (excluding diaryl/α,β-unsaturated/α-hetero) is 1. The van der Waals surface area contributed by atoms with Crippen LogP contribution in [0, 0.1) is 5.92 Å². The summed E-state index contributed by atoms with van der Waals surface area (Å²) in [5, 5.41) is 0. The molecule has 0 fully saturated rings. The van der Waals surface area contributed by atoms with Gasteiger partial charge in [0.15, 0.2) is 14.2 Å². The first kappa shape index (κ1) is 19.0. The number of hydrogen-bond acceptors (Lipinski definition) is 4. The maximum atomic E-state index is 13.2. The fourth-order valence-corrected chi connectivity index (χ4v) is 4.65. The maximum absolute atomic E-state index is 13.2. The topological polar surface area (TPSA) is 44.8 Å². The SMILES string of the molecule is CCOP(CCC1C(=O)c2ccccc2OC1c1ccccc1)OCC. The second kappa shape index (κ2) is 9.27. The van der Waals surface area contributed by atoms with Gasteiger partial charge in [0.25, 0.3) is 0 Å². The van der Waals surface area contributed by atoms with Crippen LogP contribution in [0.2, 0.25) is 0 Å². The van der Waals surface area contributed by atoms with E-state index < -0.39 is 8.38 Å². The standard InChI is InChI=1S/C21H25O4P/c1-3-23-26(24-4-2)15-14-18-20(22)17-12-8-9-13-19(17)25-21(18)16-10-6-5-7-11-16/h5-13,18,21H,3-4,14-15H2,1-2H3. The molecule has 1 aliphatic rings. The van der Waals surface area contributed by atoms with E-state index in [4.69, 9.17) is 13.8 Å². The van der Waals surface area contributed by atoms with Gasteiger partial charge in [0.05, 0.1) is 24.7 Å². The monoisotopic (exact) mass is 372 g/mol. The van der Waals surface area contributed by atoms with E-state index in [0.29, 0.717) is 30.9 Å². The molecule has 1 heterocycles. The summed E-state index contributed by atoms with van der Waals surface area (Å²) in [5.41, 5.74) is 1.69. The molecule has 138 valence electrons. The minimum atomic E-state index is -0.968. The van der Waals surface area contributed by atoms with Crippen LogP contribution >= 0.6 is 8.38 Å². The van der Waals surface area contributed by atoms with Gasteiger partial charge < -0.3 is 13.8 Å². The number of carbonyl (C=O) groups excluding carboxylic acids is 1. The fourth-order valence-electron chi connectivity index (χ4n) is 3.25. The molecule has 4 nitrogen and oxygen atoms in total. The average molecular weight is 372 g/mol. The van der Waals surface area contributed by atoms with Crippen LogP contribution in [-0.4, -0.2) is 25.2 Å². The molecule has 2 unspecified atom stereocenters. The number of ketones is 1. The quantitative estimate of drug-likeness (QED) is 0.583. The average Bonchev–Trinajstić information content (AvgIpc) is 2.68. The van der Waals surface area contributed by atoms with Gasteiger partial charge in [0.2, 0.25) is 0 Å². The molecule has 0 spiro atoms. The molecular formula is C21H25O4P. The van der Waals surface area contributed by atoms with Gasteiger partial charge >= 0.3 is 0 Å². The zero-order valence-electron chi connectivity index (χ0n) is 15.3. The largest absolute Gasteiger partial charge is 0.484 e. The van der Waals surface area contributed by atoms with Gasteiger partial charge in [-0.1, -0.05) is 42.5 Å². The van der Waals surface area contributed by atoms with Crippen molar-refractivity contribution in [2.24, 2.45) is 5.92 Å². The first-order valence-corrected chi connectivity index (χ1v) is 10.5. The van der Waals surface area contributed by atoms with Crippen molar-refractivity contribution in [3.8, 4) is 5.75 Å². The lowest BCUT2D eigenvalue weighted by atomic mass is 9.84. The minimum Gasteiger partial charge on any atom is -0.484 e. The molecule has 26 heavy (non-hydrogen) atoms. The predicted octanol–water partition coefficient (Wildman–Crippen LogP) is 5.39. The van der Waals surface area contributed by atoms with Crippen molar-refractivity contribution >= 4 is 14.2 Å². The number of ether oxygens (including phenoxy) is 1. The predicted molar refractivity (Wildman–Crippen MR) is 104 cm³/mol. The molecule has 0 amide bonds. The second-order valence-corrected chi connectivity index (χ2v) is 7.73. The van der Waals surface area contributed by atoms with Crippen LogP contribution in [0.15, 0.2) is 54.6 Å². The zero-order valence-corrected chi connectivity index (χ0v) is 16.2. The Morgan fingerprint density at radius 3 is 2.31 bits per heavy atom. The summed E-state index contributed by atoms with van der Waals surface area (Å²) in [5.74, 6) is 0.571. The lowest BCUT2D eigenvalue weighted by molar-refractivity contribution is 0.0647. The van der Waals surface area contributed by atoms with Crippen LogP contribution < -0.4 is 4.74 Å². The summed E-state index contributed by atoms with van der Waals surface area (Å²) in [6, 6.07) is 17.5. The van der Waals surface area contributed by atoms with Gasteiger partial charge in [-0.15, -0.1) is 0 Å². The Kier molecular flexibility index (Phi) is 6.79. The molecular weight excluding hydrogens is 347 g/mol. The fraction of sp³-hybridized carbons (Fsp3) is 0.381. The molecule has 0 aromatic heterocycles. The second-order valence-electron chi connectivity index (χ2n) is 6.10. The summed E-state index contributed by atoms with van der Waals surface area (Å²) in [7, 11) is -0.968. The molecule has 0 saturated heterocycles. The molecule has 1 aliphatic heterocycles. The molecule has 2 aromatic carbocycles. The van der Waals surface area contributed by atoms with Crippen LogP contribution in [0.3, 0.4) is 0 Å². The Morgan fingerprint density at radius 1 is 0.962 bits per heavy atom. The van der Waals surface area contributed by atoms with Crippen molar-refractivity contribution in [1.82, 2.24) is 0 Å². The molecule has 0 radical (unpaired) electrons. The highest BCUT2D eigenvalue weighted by Crippen LogP contribution is 2.45. The molecule has 0 saturated carbocycles. The summed E-state index contributed by atoms with van der Waals surface area (Å²) in [6.07, 6.45) is 1.12. The van der Waals surface area contributed by atoms with E-state index in [2.05, 4.69) is 0 Å². The Bertz CT molecular complexity index is 713. The normalized spacial score (nSPS) is 19.3. The van der Waals surface area contributed by atoms with E-state index in [9.17, 15) is 4.79 Å². The number of para-hydroxylation sites is 1. The van der Waals surface area contributed by atoms with E-state index in [1.54, 1.807) is 0 Å². The van der Waals surface area contributed by atoms with Crippen molar-refractivity contribution in [2.45, 2.75) is 26.4 Å². The van der Waals surface area contributed by atoms with Crippen LogP contribution in [0.4, 0.5) is 0 Å². The van der Waals surface area contributed by atoms with Crippen molar-refractivity contribution in [3.05, 3.63) is 65.7 Å². The summed E-state index contributed by atoms with van der Waals surface area (Å²) >= 11 is 0. The zero-order chi connectivity index (χ0) is 18.4. The van der Waals surface area contributed by atoms with Crippen molar-refractivity contribution < 1.29 is 18.6 Å². The lowest BCUT2D eigenvalue weighted by Gasteiger charge is -2.33. The smallest absolute Gasteiger partial charge is 0.173 e. The molecule has 2 atom stereocenters. The summed E-state index contributed by atoms with van der Waals surface area (Å²) < 4.78 is 17.7. The highest BCUT2D eigenvalue weighted by atomic mass is 31.2. The molecule has 3 rings (SSSR count). The molecule has 0 N–H and O–H groups in total. The number of benzene rings is 2. The Hall–Kier alpha value is -1.74. The van der Waals surface area contributed by atoms with Crippen molar-refractivity contribution in [3.63, 3.8) is 0 Å². The van der Waals surface area contributed by atoms with Gasteiger partial charge in [0, 0.05) is 6.16 Å². The summed E-state index contributed by atoms with van der Waals surface area (Å²) in [6.45, 7) is 5.16. The maximum Gasteiger partial charge on any atom is 0.173 e. The number of carbonyl (C=O) groups is 1. The number of hydrogen-bond donors (Lipinski definition) is 0. The van der Waals surface area contributed by atoms with Crippen LogP contribution in [0.5, 0.6) is 5.75 Å². The third-order valence-electron chi connectivity index (χ3n) is 4.41. The first-order valence-electron chi connectivity index (χ1n) is 9.12. The first-order chi connectivity index (χ1) is 12.7. The third kappa shape index (κ3) is 4.32. The van der Waals surface area contributed by atoms with Crippen molar-refractivity contribution in [2.75, 3.05) is 19.4 Å². The van der Waals surface area contributed by atoms with Gasteiger partial charge in [-0.3, -0.25) is 4.79 Å². The van der Waals surface area contributed by atoms with Gasteiger partial charge in [-0.25, -0.2) is 0 Å². The van der Waals surface area contributed by atoms with E-state index in [1.807, 2.05) is 68.4 Å². The number of fused-ring (bicyclic) bond motifs is 1. The van der Waals surface area contributed by atoms with Gasteiger partial charge in [-0.2, -0.15) is 0 Å². The molecule has 0 aliphatic carbocycles. The number of rotatable bonds is 8. The van der Waals surface area contributed by atoms with Gasteiger partial charge in [-0.05, 0) is 38.0 Å². The highest BCUT2D eigenvalue weighted by Gasteiger charge is 2.38. The lowest BCUT2D eigenvalue weighted by Crippen LogP contribution is -2.32.